The van der Waals surface area contributed by atoms with Crippen LogP contribution in [0.1, 0.15) is 57.6 Å². The summed E-state index contributed by atoms with van der Waals surface area (Å²) in [5.74, 6) is 0.614. The van der Waals surface area contributed by atoms with Crippen LogP contribution in [0.15, 0.2) is 53.5 Å². The fourth-order valence-electron chi connectivity index (χ4n) is 2.98. The molecule has 26 heavy (non-hydrogen) atoms. The molecule has 0 aliphatic carbocycles. The molecule has 2 aromatic rings. The van der Waals surface area contributed by atoms with Crippen LogP contribution in [0.5, 0.6) is 5.75 Å². The topological polar surface area (TPSA) is 21.6 Å². The molecule has 2 nitrogen and oxygen atoms in total. The van der Waals surface area contributed by atoms with Gasteiger partial charge in [0.05, 0.1) is 12.8 Å². The van der Waals surface area contributed by atoms with Crippen molar-refractivity contribution in [2.45, 2.75) is 46.5 Å². The number of rotatable bonds is 8. The van der Waals surface area contributed by atoms with Crippen LogP contribution in [-0.4, -0.2) is 12.8 Å². The highest BCUT2D eigenvalue weighted by molar-refractivity contribution is 6.04. The summed E-state index contributed by atoms with van der Waals surface area (Å²) in [6.07, 6.45) is 6.03. The van der Waals surface area contributed by atoms with Crippen molar-refractivity contribution in [3.8, 4) is 5.75 Å². The monoisotopic (exact) mass is 353 g/mol. The van der Waals surface area contributed by atoms with Gasteiger partial charge in [0, 0.05) is 16.8 Å². The lowest BCUT2D eigenvalue weighted by Crippen LogP contribution is -2.04. The Labute approximate surface area is 156 Å². The van der Waals surface area contributed by atoms with E-state index < -0.39 is 0 Å². The maximum atomic E-state index is 14.7. The number of unbranched alkanes of at least 4 members (excludes halogenated alkanes) is 1. The van der Waals surface area contributed by atoms with Crippen LogP contribution in [0.2, 0.25) is 0 Å². The van der Waals surface area contributed by atoms with Crippen molar-refractivity contribution in [3.63, 3.8) is 0 Å². The Morgan fingerprint density at radius 2 is 1.81 bits per heavy atom. The summed E-state index contributed by atoms with van der Waals surface area (Å²) in [6, 6.07) is 12.8. The van der Waals surface area contributed by atoms with Gasteiger partial charge in [-0.05, 0) is 55.7 Å². The van der Waals surface area contributed by atoms with Crippen molar-refractivity contribution in [2.75, 3.05) is 7.11 Å². The van der Waals surface area contributed by atoms with Crippen molar-refractivity contribution >= 4 is 17.0 Å². The molecule has 0 heterocycles. The van der Waals surface area contributed by atoms with E-state index in [4.69, 9.17) is 9.73 Å². The van der Waals surface area contributed by atoms with Crippen LogP contribution in [0.4, 0.5) is 10.1 Å². The number of halogens is 1. The molecule has 0 aromatic heterocycles. The quantitative estimate of drug-likeness (QED) is 0.470. The van der Waals surface area contributed by atoms with Gasteiger partial charge in [0.2, 0.25) is 0 Å². The second-order valence-electron chi connectivity index (χ2n) is 6.33. The van der Waals surface area contributed by atoms with Gasteiger partial charge in [-0.1, -0.05) is 44.9 Å². The highest BCUT2D eigenvalue weighted by Gasteiger charge is 2.14. The van der Waals surface area contributed by atoms with Crippen LogP contribution >= 0.6 is 0 Å². The van der Waals surface area contributed by atoms with Gasteiger partial charge < -0.3 is 4.74 Å². The Kier molecular flexibility index (Phi) is 7.58. The van der Waals surface area contributed by atoms with Gasteiger partial charge in [-0.3, -0.25) is 4.99 Å². The first kappa shape index (κ1) is 19.9. The number of nitrogens with zero attached hydrogens (tertiary/aromatic N) is 1. The molecule has 0 aliphatic rings. The lowest BCUT2D eigenvalue weighted by atomic mass is 9.92. The highest BCUT2D eigenvalue weighted by Crippen LogP contribution is 2.29. The molecule has 2 rings (SSSR count). The molecule has 0 atom stereocenters. The molecule has 0 unspecified atom stereocenters. The van der Waals surface area contributed by atoms with E-state index in [2.05, 4.69) is 19.9 Å². The average Bonchev–Trinajstić information content (AvgIpc) is 2.65. The molecule has 2 aromatic carbocycles. The predicted octanol–water partition coefficient (Wildman–Crippen LogP) is 6.96. The normalized spacial score (nSPS) is 12.3. The molecule has 0 saturated heterocycles. The van der Waals surface area contributed by atoms with Gasteiger partial charge in [-0.15, -0.1) is 0 Å². The van der Waals surface area contributed by atoms with Crippen molar-refractivity contribution in [2.24, 2.45) is 4.99 Å². The van der Waals surface area contributed by atoms with Crippen LogP contribution in [0.3, 0.4) is 0 Å². The summed E-state index contributed by atoms with van der Waals surface area (Å²) >= 11 is 0. The number of hydrogen-bond acceptors (Lipinski definition) is 2. The molecule has 0 fully saturated rings. The molecule has 0 N–H and O–H groups in total. The third-order valence-electron chi connectivity index (χ3n) is 4.29. The maximum Gasteiger partial charge on any atom is 0.131 e. The van der Waals surface area contributed by atoms with Gasteiger partial charge in [-0.25, -0.2) is 4.39 Å². The van der Waals surface area contributed by atoms with Crippen LogP contribution in [-0.2, 0) is 0 Å². The largest absolute Gasteiger partial charge is 0.497 e. The molecular formula is C23H28FNO. The summed E-state index contributed by atoms with van der Waals surface area (Å²) < 4.78 is 19.9. The van der Waals surface area contributed by atoms with E-state index in [-0.39, 0.29) is 5.82 Å². The minimum atomic E-state index is -0.178. The van der Waals surface area contributed by atoms with Crippen molar-refractivity contribution < 1.29 is 9.13 Å². The van der Waals surface area contributed by atoms with Crippen LogP contribution in [0.25, 0.3) is 5.57 Å². The molecule has 0 radical (unpaired) electrons. The molecular weight excluding hydrogens is 325 g/mol. The first-order valence-electron chi connectivity index (χ1n) is 9.28. The number of methoxy groups -OCH3 is 1. The zero-order valence-electron chi connectivity index (χ0n) is 16.2. The minimum absolute atomic E-state index is 0.178. The zero-order chi connectivity index (χ0) is 18.9. The van der Waals surface area contributed by atoms with E-state index in [0.717, 1.165) is 54.0 Å². The maximum absolute atomic E-state index is 14.7. The van der Waals surface area contributed by atoms with Gasteiger partial charge in [0.15, 0.2) is 0 Å². The van der Waals surface area contributed by atoms with Crippen molar-refractivity contribution in [1.29, 1.82) is 0 Å². The van der Waals surface area contributed by atoms with Gasteiger partial charge >= 0.3 is 0 Å². The molecule has 3 heteroatoms. The predicted molar refractivity (Wildman–Crippen MR) is 109 cm³/mol. The number of hydrogen-bond donors (Lipinski definition) is 0. The molecule has 0 amide bonds. The van der Waals surface area contributed by atoms with Crippen molar-refractivity contribution in [3.05, 3.63) is 65.5 Å². The van der Waals surface area contributed by atoms with Crippen LogP contribution in [0, 0.1) is 5.82 Å². The van der Waals surface area contributed by atoms with Gasteiger partial charge in [0.25, 0.3) is 0 Å². The van der Waals surface area contributed by atoms with E-state index in [0.29, 0.717) is 5.56 Å². The molecule has 0 aliphatic heterocycles. The Morgan fingerprint density at radius 3 is 2.42 bits per heavy atom. The second kappa shape index (κ2) is 9.91. The first-order chi connectivity index (χ1) is 12.6. The first-order valence-corrected chi connectivity index (χ1v) is 9.28. The Hall–Kier alpha value is -2.42. The lowest BCUT2D eigenvalue weighted by molar-refractivity contribution is 0.415. The minimum Gasteiger partial charge on any atom is -0.497 e. The Balaban J connectivity index is 2.47. The second-order valence-corrected chi connectivity index (χ2v) is 6.33. The van der Waals surface area contributed by atoms with Gasteiger partial charge in [-0.2, -0.15) is 0 Å². The average molecular weight is 353 g/mol. The molecule has 0 spiro atoms. The highest BCUT2D eigenvalue weighted by atomic mass is 19.1. The standard InChI is InChI=1S/C23H28FNO/c1-5-7-10-18(9-6-2)23-21(11-8-12-22(23)24)17(3)25-19-13-15-20(26-4)16-14-19/h8,10-16H,5-7,9H2,1-4H3/b18-10+,25-17?. The summed E-state index contributed by atoms with van der Waals surface area (Å²) in [5.41, 5.74) is 4.26. The summed E-state index contributed by atoms with van der Waals surface area (Å²) in [7, 11) is 1.64. The van der Waals surface area contributed by atoms with E-state index in [1.807, 2.05) is 37.3 Å². The van der Waals surface area contributed by atoms with E-state index >= 15 is 0 Å². The number of benzene rings is 2. The summed E-state index contributed by atoms with van der Waals surface area (Å²) in [4.78, 5) is 4.70. The van der Waals surface area contributed by atoms with E-state index in [1.54, 1.807) is 13.2 Å². The Bertz CT molecular complexity index is 775. The van der Waals surface area contributed by atoms with Crippen molar-refractivity contribution in [1.82, 2.24) is 0 Å². The van der Waals surface area contributed by atoms with Gasteiger partial charge in [0.1, 0.15) is 11.6 Å². The van der Waals surface area contributed by atoms with E-state index in [9.17, 15) is 4.39 Å². The molecule has 0 bridgehead atoms. The third kappa shape index (κ3) is 5.04. The Morgan fingerprint density at radius 1 is 1.08 bits per heavy atom. The molecule has 0 saturated carbocycles. The summed E-state index contributed by atoms with van der Waals surface area (Å²) in [6.45, 7) is 6.20. The number of aliphatic imine (C=N–C) groups is 1. The number of ether oxygens (including phenoxy) is 1. The fourth-order valence-corrected chi connectivity index (χ4v) is 2.98. The number of allylic oxidation sites excluding steroid dienone is 2. The SMILES string of the molecule is CCC/C=C(\CCC)c1c(F)cccc1C(C)=Nc1ccc(OC)cc1. The fraction of sp³-hybridized carbons (Fsp3) is 0.348. The van der Waals surface area contributed by atoms with Crippen LogP contribution < -0.4 is 4.74 Å². The van der Waals surface area contributed by atoms with E-state index in [1.165, 1.54) is 6.07 Å². The third-order valence-corrected chi connectivity index (χ3v) is 4.29. The molecule has 138 valence electrons. The summed E-state index contributed by atoms with van der Waals surface area (Å²) in [5, 5.41) is 0. The lowest BCUT2D eigenvalue weighted by Gasteiger charge is -2.14. The zero-order valence-corrected chi connectivity index (χ0v) is 16.2. The smallest absolute Gasteiger partial charge is 0.131 e.